The van der Waals surface area contributed by atoms with Crippen molar-refractivity contribution in [2.24, 2.45) is 0 Å². The average Bonchev–Trinajstić information content (AvgIpc) is 2.39. The Morgan fingerprint density at radius 1 is 0.800 bits per heavy atom. The van der Waals surface area contributed by atoms with Gasteiger partial charge in [0.05, 0.1) is 0 Å². The third kappa shape index (κ3) is 4.38. The van der Waals surface area contributed by atoms with Crippen LogP contribution in [-0.2, 0) is 4.57 Å². The highest BCUT2D eigenvalue weighted by Crippen LogP contribution is 2.41. The number of anilines is 2. The SMILES string of the molecule is CN(C)NP(=O)(Nc1ccccc1)Nc1ccccc1. The molecule has 2 aromatic rings. The van der Waals surface area contributed by atoms with Crippen molar-refractivity contribution in [3.05, 3.63) is 60.7 Å². The van der Waals surface area contributed by atoms with Crippen LogP contribution in [0.25, 0.3) is 0 Å². The summed E-state index contributed by atoms with van der Waals surface area (Å²) in [6.07, 6.45) is 0. The molecule has 0 unspecified atom stereocenters. The number of nitrogens with one attached hydrogen (secondary N) is 3. The van der Waals surface area contributed by atoms with Gasteiger partial charge in [-0.1, -0.05) is 36.4 Å². The smallest absolute Gasteiger partial charge is 0.308 e. The van der Waals surface area contributed by atoms with Crippen LogP contribution in [-0.4, -0.2) is 19.1 Å². The van der Waals surface area contributed by atoms with Crippen LogP contribution in [0.3, 0.4) is 0 Å². The van der Waals surface area contributed by atoms with E-state index in [9.17, 15) is 4.57 Å². The first-order valence-electron chi connectivity index (χ1n) is 6.29. The van der Waals surface area contributed by atoms with Crippen LogP contribution in [0.15, 0.2) is 60.7 Å². The van der Waals surface area contributed by atoms with Crippen molar-refractivity contribution in [1.82, 2.24) is 10.2 Å². The zero-order valence-electron chi connectivity index (χ0n) is 11.6. The normalized spacial score (nSPS) is 11.3. The molecular formula is C14H19N4OP. The number of hydrogen-bond donors (Lipinski definition) is 3. The molecule has 0 saturated heterocycles. The van der Waals surface area contributed by atoms with Crippen molar-refractivity contribution in [3.8, 4) is 0 Å². The van der Waals surface area contributed by atoms with E-state index in [0.29, 0.717) is 0 Å². The van der Waals surface area contributed by atoms with Gasteiger partial charge in [-0.2, -0.15) is 5.20 Å². The molecule has 3 N–H and O–H groups in total. The molecule has 2 rings (SSSR count). The largest absolute Gasteiger partial charge is 0.341 e. The highest BCUT2D eigenvalue weighted by molar-refractivity contribution is 7.64. The second-order valence-electron chi connectivity index (χ2n) is 4.56. The predicted octanol–water partition coefficient (Wildman–Crippen LogP) is 3.38. The zero-order chi connectivity index (χ0) is 14.4. The number of benzene rings is 2. The first-order valence-corrected chi connectivity index (χ1v) is 8.00. The molecule has 6 heteroatoms. The van der Waals surface area contributed by atoms with Gasteiger partial charge in [0.2, 0.25) is 0 Å². The molecule has 20 heavy (non-hydrogen) atoms. The van der Waals surface area contributed by atoms with E-state index in [2.05, 4.69) is 15.4 Å². The average molecular weight is 290 g/mol. The monoisotopic (exact) mass is 290 g/mol. The molecule has 0 fully saturated rings. The van der Waals surface area contributed by atoms with Crippen molar-refractivity contribution in [3.63, 3.8) is 0 Å². The summed E-state index contributed by atoms with van der Waals surface area (Å²) in [7, 11) is 0.552. The van der Waals surface area contributed by atoms with Crippen molar-refractivity contribution in [1.29, 1.82) is 0 Å². The van der Waals surface area contributed by atoms with Gasteiger partial charge in [0.15, 0.2) is 0 Å². The van der Waals surface area contributed by atoms with E-state index in [-0.39, 0.29) is 0 Å². The third-order valence-corrected chi connectivity index (χ3v) is 4.29. The molecule has 2 aromatic carbocycles. The van der Waals surface area contributed by atoms with E-state index in [4.69, 9.17) is 0 Å². The Hall–Kier alpha value is -1.81. The Balaban J connectivity index is 2.19. The van der Waals surface area contributed by atoms with E-state index in [1.807, 2.05) is 60.7 Å². The molecule has 106 valence electrons. The van der Waals surface area contributed by atoms with Gasteiger partial charge in [-0.15, -0.1) is 0 Å². The van der Waals surface area contributed by atoms with Crippen molar-refractivity contribution >= 4 is 19.0 Å². The molecule has 0 spiro atoms. The van der Waals surface area contributed by atoms with E-state index < -0.39 is 7.59 Å². The molecule has 0 aliphatic carbocycles. The van der Waals surface area contributed by atoms with Gasteiger partial charge in [0.25, 0.3) is 0 Å². The zero-order valence-corrected chi connectivity index (χ0v) is 12.5. The number of rotatable bonds is 6. The molecular weight excluding hydrogens is 271 g/mol. The van der Waals surface area contributed by atoms with Crippen LogP contribution in [0.5, 0.6) is 0 Å². The van der Waals surface area contributed by atoms with Crippen molar-refractivity contribution in [2.75, 3.05) is 24.3 Å². The molecule has 0 aromatic heterocycles. The maximum absolute atomic E-state index is 13.0. The summed E-state index contributed by atoms with van der Waals surface area (Å²) in [6.45, 7) is 0. The minimum Gasteiger partial charge on any atom is -0.308 e. The fourth-order valence-electron chi connectivity index (χ4n) is 1.75. The van der Waals surface area contributed by atoms with Crippen LogP contribution in [0.1, 0.15) is 0 Å². The highest BCUT2D eigenvalue weighted by atomic mass is 31.2. The number of hydrazine groups is 1. The standard InChI is InChI=1S/C14H19N4OP/c1-18(2)17-20(19,15-13-9-5-3-6-10-13)16-14-11-7-4-8-12-14/h3-12H,1-2H3,(H3,15,16,17,19). The summed E-state index contributed by atoms with van der Waals surface area (Å²) < 4.78 is 13.0. The van der Waals surface area contributed by atoms with E-state index >= 15 is 0 Å². The van der Waals surface area contributed by atoms with Crippen LogP contribution in [0, 0.1) is 0 Å². The number of nitrogens with zero attached hydrogens (tertiary/aromatic N) is 1. The van der Waals surface area contributed by atoms with Gasteiger partial charge in [-0.3, -0.25) is 4.57 Å². The van der Waals surface area contributed by atoms with E-state index in [1.54, 1.807) is 19.1 Å². The van der Waals surface area contributed by atoms with Gasteiger partial charge in [0, 0.05) is 25.5 Å². The topological polar surface area (TPSA) is 56.4 Å². The second-order valence-corrected chi connectivity index (χ2v) is 6.43. The van der Waals surface area contributed by atoms with Gasteiger partial charge < -0.3 is 10.2 Å². The molecule has 5 nitrogen and oxygen atoms in total. The Kier molecular flexibility index (Phi) is 4.79. The van der Waals surface area contributed by atoms with Crippen LogP contribution < -0.4 is 15.4 Å². The van der Waals surface area contributed by atoms with Crippen molar-refractivity contribution < 1.29 is 4.57 Å². The molecule has 0 bridgehead atoms. The molecule has 0 saturated carbocycles. The lowest BCUT2D eigenvalue weighted by Gasteiger charge is -2.26. The quantitative estimate of drug-likeness (QED) is 0.562. The molecule has 0 atom stereocenters. The Bertz CT molecular complexity index is 529. The highest BCUT2D eigenvalue weighted by Gasteiger charge is 2.22. The van der Waals surface area contributed by atoms with E-state index in [0.717, 1.165) is 11.4 Å². The fraction of sp³-hybridized carbons (Fsp3) is 0.143. The van der Waals surface area contributed by atoms with Crippen LogP contribution >= 0.6 is 7.59 Å². The first-order chi connectivity index (χ1) is 9.57. The number of para-hydroxylation sites is 2. The summed E-state index contributed by atoms with van der Waals surface area (Å²) in [6, 6.07) is 18.9. The van der Waals surface area contributed by atoms with Crippen LogP contribution in [0.2, 0.25) is 0 Å². The van der Waals surface area contributed by atoms with Crippen LogP contribution in [0.4, 0.5) is 11.4 Å². The Morgan fingerprint density at radius 3 is 1.55 bits per heavy atom. The number of hydrogen-bond acceptors (Lipinski definition) is 2. The Morgan fingerprint density at radius 2 is 1.20 bits per heavy atom. The van der Waals surface area contributed by atoms with Gasteiger partial charge in [-0.05, 0) is 24.3 Å². The molecule has 0 radical (unpaired) electrons. The maximum Gasteiger partial charge on any atom is 0.341 e. The molecule has 0 heterocycles. The summed E-state index contributed by atoms with van der Waals surface area (Å²) in [4.78, 5) is 0. The maximum atomic E-state index is 13.0. The summed E-state index contributed by atoms with van der Waals surface area (Å²) in [5, 5.41) is 10.6. The molecule has 0 amide bonds. The summed E-state index contributed by atoms with van der Waals surface area (Å²) in [5.74, 6) is 0. The lowest BCUT2D eigenvalue weighted by Crippen LogP contribution is -2.32. The second kappa shape index (κ2) is 6.57. The summed E-state index contributed by atoms with van der Waals surface area (Å²) in [5.41, 5.74) is 1.57. The molecule has 0 aliphatic heterocycles. The van der Waals surface area contributed by atoms with Gasteiger partial charge >= 0.3 is 7.59 Å². The van der Waals surface area contributed by atoms with E-state index in [1.165, 1.54) is 0 Å². The minimum atomic E-state index is -3.04. The summed E-state index contributed by atoms with van der Waals surface area (Å²) >= 11 is 0. The van der Waals surface area contributed by atoms with Gasteiger partial charge in [-0.25, -0.2) is 5.01 Å². The molecule has 0 aliphatic rings. The fourth-order valence-corrected chi connectivity index (χ4v) is 3.49. The van der Waals surface area contributed by atoms with Gasteiger partial charge in [0.1, 0.15) is 0 Å². The lowest BCUT2D eigenvalue weighted by molar-refractivity contribution is 0.365. The lowest BCUT2D eigenvalue weighted by atomic mass is 10.3. The Labute approximate surface area is 119 Å². The minimum absolute atomic E-state index is 0.786. The first kappa shape index (κ1) is 14.6. The predicted molar refractivity (Wildman–Crippen MR) is 84.6 cm³/mol. The third-order valence-electron chi connectivity index (χ3n) is 2.46. The van der Waals surface area contributed by atoms with Crippen molar-refractivity contribution in [2.45, 2.75) is 0 Å².